The quantitative estimate of drug-likeness (QED) is 0.414. The SMILES string of the molecule is CCCCOCCOC(=O)c1ccc(F)c(S(=O)(=O)Cl)c1. The van der Waals surface area contributed by atoms with Gasteiger partial charge in [0, 0.05) is 17.3 Å². The monoisotopic (exact) mass is 338 g/mol. The third kappa shape index (κ3) is 5.99. The Morgan fingerprint density at radius 3 is 2.62 bits per heavy atom. The first kappa shape index (κ1) is 17.9. The summed E-state index contributed by atoms with van der Waals surface area (Å²) in [5.41, 5.74) is -0.0933. The van der Waals surface area contributed by atoms with Gasteiger partial charge in [0.1, 0.15) is 17.3 Å². The van der Waals surface area contributed by atoms with Crippen LogP contribution in [0, 0.1) is 5.82 Å². The predicted octanol–water partition coefficient (Wildman–Crippen LogP) is 2.73. The minimum absolute atomic E-state index is 0.0306. The fourth-order valence-electron chi connectivity index (χ4n) is 1.44. The molecule has 21 heavy (non-hydrogen) atoms. The summed E-state index contributed by atoms with van der Waals surface area (Å²) < 4.78 is 45.7. The van der Waals surface area contributed by atoms with Crippen LogP contribution in [0.4, 0.5) is 4.39 Å². The molecule has 1 rings (SSSR count). The van der Waals surface area contributed by atoms with Crippen molar-refractivity contribution in [2.75, 3.05) is 19.8 Å². The van der Waals surface area contributed by atoms with Crippen LogP contribution in [0.2, 0.25) is 0 Å². The van der Waals surface area contributed by atoms with Gasteiger partial charge in [-0.05, 0) is 24.6 Å². The number of hydrogen-bond donors (Lipinski definition) is 0. The average molecular weight is 339 g/mol. The zero-order valence-corrected chi connectivity index (χ0v) is 13.0. The van der Waals surface area contributed by atoms with E-state index in [9.17, 15) is 17.6 Å². The van der Waals surface area contributed by atoms with E-state index >= 15 is 0 Å². The van der Waals surface area contributed by atoms with Gasteiger partial charge in [0.2, 0.25) is 0 Å². The number of unbranched alkanes of at least 4 members (excludes halogenated alkanes) is 1. The highest BCUT2D eigenvalue weighted by Crippen LogP contribution is 2.20. The lowest BCUT2D eigenvalue weighted by Gasteiger charge is -2.07. The number of benzene rings is 1. The van der Waals surface area contributed by atoms with Crippen molar-refractivity contribution < 1.29 is 27.1 Å². The molecule has 0 atom stereocenters. The molecule has 1 aromatic rings. The maximum Gasteiger partial charge on any atom is 0.338 e. The van der Waals surface area contributed by atoms with Crippen molar-refractivity contribution >= 4 is 25.7 Å². The minimum Gasteiger partial charge on any atom is -0.460 e. The molecule has 118 valence electrons. The zero-order valence-electron chi connectivity index (χ0n) is 11.5. The molecule has 0 saturated heterocycles. The Kier molecular flexibility index (Phi) is 7.07. The molecule has 8 heteroatoms. The van der Waals surface area contributed by atoms with E-state index in [0.717, 1.165) is 31.0 Å². The van der Waals surface area contributed by atoms with Crippen LogP contribution in [0.25, 0.3) is 0 Å². The molecule has 5 nitrogen and oxygen atoms in total. The molecular weight excluding hydrogens is 323 g/mol. The largest absolute Gasteiger partial charge is 0.460 e. The Hall–Kier alpha value is -1.18. The standard InChI is InChI=1S/C13H16ClFO5S/c1-2-3-6-19-7-8-20-13(16)10-4-5-11(15)12(9-10)21(14,17)18/h4-5,9H,2-3,6-8H2,1H3. The molecule has 0 N–H and O–H groups in total. The summed E-state index contributed by atoms with van der Waals surface area (Å²) in [5.74, 6) is -1.79. The van der Waals surface area contributed by atoms with E-state index in [-0.39, 0.29) is 18.8 Å². The van der Waals surface area contributed by atoms with E-state index < -0.39 is 25.7 Å². The van der Waals surface area contributed by atoms with Crippen LogP contribution in [-0.2, 0) is 18.5 Å². The Labute approximate surface area is 127 Å². The maximum atomic E-state index is 13.3. The maximum absolute atomic E-state index is 13.3. The summed E-state index contributed by atoms with van der Waals surface area (Å²) in [7, 11) is 0.816. The Morgan fingerprint density at radius 1 is 1.29 bits per heavy atom. The normalized spacial score (nSPS) is 11.4. The van der Waals surface area contributed by atoms with Gasteiger partial charge >= 0.3 is 5.97 Å². The van der Waals surface area contributed by atoms with Crippen molar-refractivity contribution in [3.05, 3.63) is 29.6 Å². The first-order valence-electron chi connectivity index (χ1n) is 6.35. The molecule has 0 aliphatic carbocycles. The molecule has 0 fully saturated rings. The zero-order chi connectivity index (χ0) is 15.9. The number of hydrogen-bond acceptors (Lipinski definition) is 5. The van der Waals surface area contributed by atoms with E-state index in [1.807, 2.05) is 6.92 Å². The molecule has 0 spiro atoms. The second-order valence-electron chi connectivity index (χ2n) is 4.18. The third-order valence-corrected chi connectivity index (χ3v) is 3.87. The number of halogens is 2. The number of ether oxygens (including phenoxy) is 2. The van der Waals surface area contributed by atoms with Gasteiger partial charge in [-0.25, -0.2) is 17.6 Å². The molecule has 0 saturated carbocycles. The van der Waals surface area contributed by atoms with Gasteiger partial charge in [0.15, 0.2) is 0 Å². The lowest BCUT2D eigenvalue weighted by atomic mass is 10.2. The highest BCUT2D eigenvalue weighted by atomic mass is 35.7. The number of rotatable bonds is 8. The molecule has 0 bridgehead atoms. The van der Waals surface area contributed by atoms with Crippen LogP contribution >= 0.6 is 10.7 Å². The van der Waals surface area contributed by atoms with Crippen molar-refractivity contribution in [2.45, 2.75) is 24.7 Å². The molecule has 0 heterocycles. The lowest BCUT2D eigenvalue weighted by Crippen LogP contribution is -2.12. The highest BCUT2D eigenvalue weighted by molar-refractivity contribution is 8.13. The molecular formula is C13H16ClFO5S. The number of carbonyl (C=O) groups is 1. The summed E-state index contributed by atoms with van der Waals surface area (Å²) in [6, 6.07) is 2.82. The van der Waals surface area contributed by atoms with Crippen LogP contribution in [-0.4, -0.2) is 34.2 Å². The predicted molar refractivity (Wildman–Crippen MR) is 75.4 cm³/mol. The molecule has 0 aliphatic heterocycles. The van der Waals surface area contributed by atoms with E-state index in [2.05, 4.69) is 0 Å². The minimum atomic E-state index is -4.26. The van der Waals surface area contributed by atoms with Gasteiger partial charge in [-0.1, -0.05) is 13.3 Å². The van der Waals surface area contributed by atoms with E-state index in [4.69, 9.17) is 20.2 Å². The van der Waals surface area contributed by atoms with Crippen LogP contribution in [0.3, 0.4) is 0 Å². The molecule has 1 aromatic carbocycles. The smallest absolute Gasteiger partial charge is 0.338 e. The third-order valence-electron chi connectivity index (χ3n) is 2.53. The number of esters is 1. The topological polar surface area (TPSA) is 69.7 Å². The second kappa shape index (κ2) is 8.31. The van der Waals surface area contributed by atoms with Gasteiger partial charge in [-0.3, -0.25) is 0 Å². The van der Waals surface area contributed by atoms with Crippen molar-refractivity contribution in [1.29, 1.82) is 0 Å². The fourth-order valence-corrected chi connectivity index (χ4v) is 2.37. The van der Waals surface area contributed by atoms with Gasteiger partial charge in [0.25, 0.3) is 9.05 Å². The molecule has 0 amide bonds. The van der Waals surface area contributed by atoms with Crippen LogP contribution in [0.5, 0.6) is 0 Å². The summed E-state index contributed by atoms with van der Waals surface area (Å²) in [6.07, 6.45) is 1.92. The van der Waals surface area contributed by atoms with Crippen molar-refractivity contribution in [2.24, 2.45) is 0 Å². The Morgan fingerprint density at radius 2 is 2.00 bits per heavy atom. The van der Waals surface area contributed by atoms with E-state index in [1.165, 1.54) is 0 Å². The average Bonchev–Trinajstić information content (AvgIpc) is 2.41. The molecule has 0 radical (unpaired) electrons. The first-order valence-corrected chi connectivity index (χ1v) is 8.66. The van der Waals surface area contributed by atoms with Gasteiger partial charge in [-0.2, -0.15) is 0 Å². The lowest BCUT2D eigenvalue weighted by molar-refractivity contribution is 0.0313. The van der Waals surface area contributed by atoms with Crippen LogP contribution < -0.4 is 0 Å². The first-order chi connectivity index (χ1) is 9.86. The van der Waals surface area contributed by atoms with Crippen molar-refractivity contribution in [3.8, 4) is 0 Å². The summed E-state index contributed by atoms with van der Waals surface area (Å²) in [5, 5.41) is 0. The summed E-state index contributed by atoms with van der Waals surface area (Å²) in [6.45, 7) is 2.89. The number of carbonyl (C=O) groups excluding carboxylic acids is 1. The van der Waals surface area contributed by atoms with Gasteiger partial charge in [0.05, 0.1) is 12.2 Å². The van der Waals surface area contributed by atoms with E-state index in [0.29, 0.717) is 6.61 Å². The van der Waals surface area contributed by atoms with Gasteiger partial charge in [-0.15, -0.1) is 0 Å². The molecule has 0 aliphatic rings. The van der Waals surface area contributed by atoms with Crippen molar-refractivity contribution in [3.63, 3.8) is 0 Å². The summed E-state index contributed by atoms with van der Waals surface area (Å²) in [4.78, 5) is 10.9. The summed E-state index contributed by atoms with van der Waals surface area (Å²) >= 11 is 0. The van der Waals surface area contributed by atoms with Crippen LogP contribution in [0.15, 0.2) is 23.1 Å². The molecule has 0 unspecified atom stereocenters. The van der Waals surface area contributed by atoms with E-state index in [1.54, 1.807) is 0 Å². The molecule has 0 aromatic heterocycles. The Balaban J connectivity index is 2.59. The van der Waals surface area contributed by atoms with Gasteiger partial charge < -0.3 is 9.47 Å². The van der Waals surface area contributed by atoms with Crippen LogP contribution in [0.1, 0.15) is 30.1 Å². The van der Waals surface area contributed by atoms with Crippen molar-refractivity contribution in [1.82, 2.24) is 0 Å². The fraction of sp³-hybridized carbons (Fsp3) is 0.462. The highest BCUT2D eigenvalue weighted by Gasteiger charge is 2.19. The Bertz CT molecular complexity index is 588. The second-order valence-corrected chi connectivity index (χ2v) is 6.72.